The predicted molar refractivity (Wildman–Crippen MR) is 125 cm³/mol. The fraction of sp³-hybridized carbons (Fsp3) is 0.231. The topological polar surface area (TPSA) is 67.9 Å². The molecule has 0 aliphatic rings. The summed E-state index contributed by atoms with van der Waals surface area (Å²) in [6.07, 6.45) is 0.228. The molecular weight excluding hydrogens is 404 g/mol. The van der Waals surface area contributed by atoms with Gasteiger partial charge >= 0.3 is 0 Å². The third kappa shape index (κ3) is 6.35. The summed E-state index contributed by atoms with van der Waals surface area (Å²) < 4.78 is 10.6. The summed E-state index contributed by atoms with van der Waals surface area (Å²) in [6, 6.07) is 22.6. The van der Waals surface area contributed by atoms with Crippen LogP contribution in [0.5, 0.6) is 11.5 Å². The highest BCUT2D eigenvalue weighted by Crippen LogP contribution is 2.29. The Kier molecular flexibility index (Phi) is 7.86. The van der Waals surface area contributed by atoms with Gasteiger partial charge in [-0.15, -0.1) is 0 Å². The van der Waals surface area contributed by atoms with Crippen LogP contribution in [-0.2, 0) is 22.6 Å². The second-order valence-electron chi connectivity index (χ2n) is 7.51. The number of carbonyl (C=O) groups is 2. The van der Waals surface area contributed by atoms with E-state index in [1.807, 2.05) is 61.5 Å². The largest absolute Gasteiger partial charge is 0.497 e. The zero-order valence-corrected chi connectivity index (χ0v) is 18.6. The molecule has 0 heterocycles. The standard InChI is InChI=1S/C26H28N2O4/c1-19-9-11-21(12-10-19)17-28(26(30)15-20-7-5-4-6-8-20)18-25(29)27-23-14-13-22(31-2)16-24(23)32-3/h4-14,16H,15,17-18H2,1-3H3,(H,27,29). The van der Waals surface area contributed by atoms with Gasteiger partial charge in [0.15, 0.2) is 0 Å². The van der Waals surface area contributed by atoms with Crippen molar-refractivity contribution in [1.29, 1.82) is 0 Å². The number of amides is 2. The molecule has 3 aromatic carbocycles. The molecular formula is C26H28N2O4. The smallest absolute Gasteiger partial charge is 0.244 e. The third-order valence-electron chi connectivity index (χ3n) is 5.06. The number of carbonyl (C=O) groups excluding carboxylic acids is 2. The van der Waals surface area contributed by atoms with E-state index in [1.54, 1.807) is 30.2 Å². The van der Waals surface area contributed by atoms with Crippen molar-refractivity contribution >= 4 is 17.5 Å². The van der Waals surface area contributed by atoms with Crippen LogP contribution in [0.25, 0.3) is 0 Å². The van der Waals surface area contributed by atoms with Gasteiger partial charge in [0.2, 0.25) is 11.8 Å². The maximum atomic E-state index is 13.1. The first kappa shape index (κ1) is 22.9. The summed E-state index contributed by atoms with van der Waals surface area (Å²) in [5.74, 6) is 0.688. The van der Waals surface area contributed by atoms with Gasteiger partial charge in [-0.25, -0.2) is 0 Å². The number of nitrogens with one attached hydrogen (secondary N) is 1. The number of rotatable bonds is 9. The van der Waals surface area contributed by atoms with Gasteiger partial charge in [-0.05, 0) is 30.2 Å². The van der Waals surface area contributed by atoms with Crippen LogP contribution in [-0.4, -0.2) is 37.5 Å². The van der Waals surface area contributed by atoms with E-state index in [0.717, 1.165) is 16.7 Å². The van der Waals surface area contributed by atoms with Crippen molar-refractivity contribution in [2.45, 2.75) is 19.9 Å². The van der Waals surface area contributed by atoms with E-state index in [9.17, 15) is 9.59 Å². The van der Waals surface area contributed by atoms with Crippen molar-refractivity contribution < 1.29 is 19.1 Å². The van der Waals surface area contributed by atoms with Gasteiger partial charge in [-0.3, -0.25) is 9.59 Å². The summed E-state index contributed by atoms with van der Waals surface area (Å²) in [5.41, 5.74) is 3.53. The van der Waals surface area contributed by atoms with Gasteiger partial charge < -0.3 is 19.7 Å². The normalized spacial score (nSPS) is 10.3. The third-order valence-corrected chi connectivity index (χ3v) is 5.06. The van der Waals surface area contributed by atoms with Crippen LogP contribution in [0.3, 0.4) is 0 Å². The van der Waals surface area contributed by atoms with E-state index in [2.05, 4.69) is 5.32 Å². The second kappa shape index (κ2) is 11.0. The quantitative estimate of drug-likeness (QED) is 0.550. The zero-order chi connectivity index (χ0) is 22.9. The predicted octanol–water partition coefficient (Wildman–Crippen LogP) is 4.22. The molecule has 6 nitrogen and oxygen atoms in total. The first-order valence-corrected chi connectivity index (χ1v) is 10.4. The summed E-state index contributed by atoms with van der Waals surface area (Å²) in [5, 5.41) is 2.84. The molecule has 0 fully saturated rings. The van der Waals surface area contributed by atoms with Gasteiger partial charge in [0.05, 0.1) is 26.3 Å². The number of aryl methyl sites for hydroxylation is 1. The lowest BCUT2D eigenvalue weighted by Gasteiger charge is -2.23. The molecule has 0 aliphatic heterocycles. The van der Waals surface area contributed by atoms with Crippen LogP contribution in [0, 0.1) is 6.92 Å². The number of benzene rings is 3. The van der Waals surface area contributed by atoms with Crippen molar-refractivity contribution in [2.75, 3.05) is 26.1 Å². The number of hydrogen-bond donors (Lipinski definition) is 1. The highest BCUT2D eigenvalue weighted by atomic mass is 16.5. The lowest BCUT2D eigenvalue weighted by Crippen LogP contribution is -2.38. The lowest BCUT2D eigenvalue weighted by atomic mass is 10.1. The molecule has 0 aromatic heterocycles. The summed E-state index contributed by atoms with van der Waals surface area (Å²) in [4.78, 5) is 27.5. The molecule has 0 saturated heterocycles. The van der Waals surface area contributed by atoms with Crippen molar-refractivity contribution in [3.63, 3.8) is 0 Å². The monoisotopic (exact) mass is 432 g/mol. The Bertz CT molecular complexity index is 1050. The molecule has 32 heavy (non-hydrogen) atoms. The molecule has 0 unspecified atom stereocenters. The molecule has 6 heteroatoms. The number of ether oxygens (including phenoxy) is 2. The van der Waals surface area contributed by atoms with Crippen LogP contribution in [0.4, 0.5) is 5.69 Å². The maximum absolute atomic E-state index is 13.1. The van der Waals surface area contributed by atoms with Crippen molar-refractivity contribution in [2.24, 2.45) is 0 Å². The van der Waals surface area contributed by atoms with E-state index in [4.69, 9.17) is 9.47 Å². The first-order chi connectivity index (χ1) is 15.5. The second-order valence-corrected chi connectivity index (χ2v) is 7.51. The summed E-state index contributed by atoms with van der Waals surface area (Å²) in [6.45, 7) is 2.28. The Morgan fingerprint density at radius 3 is 2.25 bits per heavy atom. The Balaban J connectivity index is 1.75. The van der Waals surface area contributed by atoms with Crippen LogP contribution in [0.2, 0.25) is 0 Å². The van der Waals surface area contributed by atoms with Gasteiger partial charge in [0.1, 0.15) is 18.0 Å². The molecule has 2 amide bonds. The summed E-state index contributed by atoms with van der Waals surface area (Å²) >= 11 is 0. The average molecular weight is 433 g/mol. The van der Waals surface area contributed by atoms with E-state index in [0.29, 0.717) is 23.7 Å². The molecule has 0 aliphatic carbocycles. The Hall–Kier alpha value is -3.80. The molecule has 166 valence electrons. The number of methoxy groups -OCH3 is 2. The van der Waals surface area contributed by atoms with Gasteiger partial charge in [0, 0.05) is 12.6 Å². The Morgan fingerprint density at radius 1 is 0.875 bits per heavy atom. The van der Waals surface area contributed by atoms with Crippen LogP contribution in [0.15, 0.2) is 72.8 Å². The fourth-order valence-corrected chi connectivity index (χ4v) is 3.29. The SMILES string of the molecule is COc1ccc(NC(=O)CN(Cc2ccc(C)cc2)C(=O)Cc2ccccc2)c(OC)c1. The maximum Gasteiger partial charge on any atom is 0.244 e. The number of nitrogens with zero attached hydrogens (tertiary/aromatic N) is 1. The van der Waals surface area contributed by atoms with Gasteiger partial charge in [-0.1, -0.05) is 60.2 Å². The highest BCUT2D eigenvalue weighted by Gasteiger charge is 2.19. The molecule has 0 atom stereocenters. The molecule has 1 N–H and O–H groups in total. The highest BCUT2D eigenvalue weighted by molar-refractivity contribution is 5.96. The van der Waals surface area contributed by atoms with Gasteiger partial charge in [-0.2, -0.15) is 0 Å². The average Bonchev–Trinajstić information content (AvgIpc) is 2.81. The Labute approximate surface area is 188 Å². The van der Waals surface area contributed by atoms with Crippen LogP contribution < -0.4 is 14.8 Å². The molecule has 0 spiro atoms. The van der Waals surface area contributed by atoms with E-state index in [-0.39, 0.29) is 24.8 Å². The Morgan fingerprint density at radius 2 is 1.59 bits per heavy atom. The van der Waals surface area contributed by atoms with E-state index >= 15 is 0 Å². The molecule has 3 rings (SSSR count). The lowest BCUT2D eigenvalue weighted by molar-refractivity contribution is -0.134. The fourth-order valence-electron chi connectivity index (χ4n) is 3.29. The minimum atomic E-state index is -0.304. The van der Waals surface area contributed by atoms with Crippen molar-refractivity contribution in [1.82, 2.24) is 4.90 Å². The van der Waals surface area contributed by atoms with Crippen LogP contribution >= 0.6 is 0 Å². The minimum absolute atomic E-state index is 0.0747. The zero-order valence-electron chi connectivity index (χ0n) is 18.6. The molecule has 3 aromatic rings. The van der Waals surface area contributed by atoms with Gasteiger partial charge in [0.25, 0.3) is 0 Å². The molecule has 0 saturated carbocycles. The molecule has 0 radical (unpaired) electrons. The van der Waals surface area contributed by atoms with E-state index in [1.165, 1.54) is 7.11 Å². The van der Waals surface area contributed by atoms with E-state index < -0.39 is 0 Å². The first-order valence-electron chi connectivity index (χ1n) is 10.4. The van der Waals surface area contributed by atoms with Crippen LogP contribution in [0.1, 0.15) is 16.7 Å². The van der Waals surface area contributed by atoms with Crippen molar-refractivity contribution in [3.05, 3.63) is 89.5 Å². The minimum Gasteiger partial charge on any atom is -0.497 e. The number of hydrogen-bond acceptors (Lipinski definition) is 4. The molecule has 0 bridgehead atoms. The number of anilines is 1. The van der Waals surface area contributed by atoms with Crippen molar-refractivity contribution in [3.8, 4) is 11.5 Å². The summed E-state index contributed by atoms with van der Waals surface area (Å²) in [7, 11) is 3.09.